The highest BCUT2D eigenvalue weighted by atomic mass is 16.4. The van der Waals surface area contributed by atoms with E-state index >= 15 is 0 Å². The Labute approximate surface area is 153 Å². The smallest absolute Gasteiger partial charge is 0.352 e. The molecule has 1 heterocycles. The van der Waals surface area contributed by atoms with Crippen LogP contribution in [0.5, 0.6) is 0 Å². The first-order valence-electron chi connectivity index (χ1n) is 9.17. The fraction of sp³-hybridized carbons (Fsp3) is 0.318. The van der Waals surface area contributed by atoms with Gasteiger partial charge in [-0.2, -0.15) is 0 Å². The number of aromatic carboxylic acids is 1. The van der Waals surface area contributed by atoms with Crippen molar-refractivity contribution in [3.63, 3.8) is 0 Å². The number of benzene rings is 2. The molecule has 0 amide bonds. The van der Waals surface area contributed by atoms with Gasteiger partial charge in [-0.1, -0.05) is 42.0 Å². The molecule has 0 saturated heterocycles. The third kappa shape index (κ3) is 3.25. The molecule has 0 spiro atoms. The largest absolute Gasteiger partial charge is 0.477 e. The molecule has 0 unspecified atom stereocenters. The number of fused-ring (bicyclic) bond motifs is 1. The van der Waals surface area contributed by atoms with Gasteiger partial charge in [0.05, 0.1) is 0 Å². The summed E-state index contributed by atoms with van der Waals surface area (Å²) in [6.07, 6.45) is 2.37. The van der Waals surface area contributed by atoms with E-state index < -0.39 is 5.97 Å². The van der Waals surface area contributed by atoms with Gasteiger partial charge in [0.2, 0.25) is 0 Å². The van der Waals surface area contributed by atoms with Crippen LogP contribution in [0.4, 0.5) is 0 Å². The minimum absolute atomic E-state index is 0.402. The zero-order chi connectivity index (χ0) is 18.3. The molecule has 2 N–H and O–H groups in total. The molecule has 4 nitrogen and oxygen atoms in total. The number of aryl methyl sites for hydroxylation is 2. The Morgan fingerprint density at radius 3 is 2.46 bits per heavy atom. The molecule has 26 heavy (non-hydrogen) atoms. The zero-order valence-corrected chi connectivity index (χ0v) is 15.2. The Bertz CT molecular complexity index is 966. The van der Waals surface area contributed by atoms with Crippen LogP contribution >= 0.6 is 0 Å². The summed E-state index contributed by atoms with van der Waals surface area (Å²) in [6.45, 7) is 5.27. The van der Waals surface area contributed by atoms with E-state index in [0.29, 0.717) is 24.8 Å². The second-order valence-electron chi connectivity index (χ2n) is 7.38. The SMILES string of the molecule is Cc1ccc(Cn2c(C(=O)O)c(CNC3CC3)c3ccc(C)cc32)cc1. The van der Waals surface area contributed by atoms with E-state index in [9.17, 15) is 9.90 Å². The molecule has 0 atom stereocenters. The van der Waals surface area contributed by atoms with Crippen molar-refractivity contribution in [2.75, 3.05) is 0 Å². The molecule has 1 aromatic heterocycles. The highest BCUT2D eigenvalue weighted by Gasteiger charge is 2.25. The van der Waals surface area contributed by atoms with Crippen LogP contribution in [-0.2, 0) is 13.1 Å². The molecule has 0 aliphatic heterocycles. The highest BCUT2D eigenvalue weighted by molar-refractivity contribution is 5.98. The Morgan fingerprint density at radius 2 is 1.81 bits per heavy atom. The van der Waals surface area contributed by atoms with Crippen molar-refractivity contribution in [2.24, 2.45) is 0 Å². The van der Waals surface area contributed by atoms with Crippen LogP contribution in [0, 0.1) is 13.8 Å². The quantitative estimate of drug-likeness (QED) is 0.700. The fourth-order valence-corrected chi connectivity index (χ4v) is 3.53. The maximum absolute atomic E-state index is 12.2. The van der Waals surface area contributed by atoms with Crippen molar-refractivity contribution in [2.45, 2.75) is 45.8 Å². The molecule has 134 valence electrons. The average molecular weight is 348 g/mol. The number of carboxylic acid groups (broad SMARTS) is 1. The molecule has 4 heteroatoms. The van der Waals surface area contributed by atoms with Gasteiger partial charge in [0.15, 0.2) is 0 Å². The summed E-state index contributed by atoms with van der Waals surface area (Å²) in [5.74, 6) is -0.862. The number of hydrogen-bond donors (Lipinski definition) is 2. The summed E-state index contributed by atoms with van der Waals surface area (Å²) in [5, 5.41) is 14.5. The molecule has 4 rings (SSSR count). The monoisotopic (exact) mass is 348 g/mol. The lowest BCUT2D eigenvalue weighted by Gasteiger charge is -2.10. The lowest BCUT2D eigenvalue weighted by atomic mass is 10.1. The lowest BCUT2D eigenvalue weighted by molar-refractivity contribution is 0.0684. The van der Waals surface area contributed by atoms with Gasteiger partial charge in [-0.25, -0.2) is 4.79 Å². The predicted molar refractivity (Wildman–Crippen MR) is 104 cm³/mol. The lowest BCUT2D eigenvalue weighted by Crippen LogP contribution is -2.18. The molecule has 1 aliphatic rings. The third-order valence-electron chi connectivity index (χ3n) is 5.13. The summed E-state index contributed by atoms with van der Waals surface area (Å²) < 4.78 is 1.96. The van der Waals surface area contributed by atoms with Gasteiger partial charge in [-0.3, -0.25) is 0 Å². The van der Waals surface area contributed by atoms with E-state index in [0.717, 1.165) is 27.6 Å². The fourth-order valence-electron chi connectivity index (χ4n) is 3.53. The minimum Gasteiger partial charge on any atom is -0.477 e. The Balaban J connectivity index is 1.84. The summed E-state index contributed by atoms with van der Waals surface area (Å²) >= 11 is 0. The standard InChI is InChI=1S/C22H24N2O2/c1-14-3-6-16(7-4-14)13-24-20-11-15(2)5-10-18(20)19(21(24)22(25)26)12-23-17-8-9-17/h3-7,10-11,17,23H,8-9,12-13H2,1-2H3,(H,25,26). The predicted octanol–water partition coefficient (Wildman–Crippen LogP) is 4.26. The first-order chi connectivity index (χ1) is 12.5. The van der Waals surface area contributed by atoms with Gasteiger partial charge in [0.1, 0.15) is 5.69 Å². The molecule has 1 saturated carbocycles. The van der Waals surface area contributed by atoms with Crippen LogP contribution in [0.25, 0.3) is 10.9 Å². The third-order valence-corrected chi connectivity index (χ3v) is 5.13. The Kier molecular flexibility index (Phi) is 4.29. The normalized spacial score (nSPS) is 14.1. The maximum atomic E-state index is 12.2. The van der Waals surface area contributed by atoms with Crippen molar-refractivity contribution in [3.05, 3.63) is 70.4 Å². The first kappa shape index (κ1) is 16.9. The van der Waals surface area contributed by atoms with E-state index in [1.54, 1.807) is 0 Å². The zero-order valence-electron chi connectivity index (χ0n) is 15.2. The van der Waals surface area contributed by atoms with Gasteiger partial charge in [-0.15, -0.1) is 0 Å². The molecule has 3 aromatic rings. The molecule has 0 radical (unpaired) electrons. The van der Waals surface area contributed by atoms with Crippen LogP contribution in [0.3, 0.4) is 0 Å². The first-order valence-corrected chi connectivity index (χ1v) is 9.17. The Morgan fingerprint density at radius 1 is 1.12 bits per heavy atom. The second-order valence-corrected chi connectivity index (χ2v) is 7.38. The van der Waals surface area contributed by atoms with E-state index in [1.807, 2.05) is 11.5 Å². The van der Waals surface area contributed by atoms with E-state index in [4.69, 9.17) is 0 Å². The van der Waals surface area contributed by atoms with Gasteiger partial charge in [0, 0.05) is 35.6 Å². The average Bonchev–Trinajstić information content (AvgIpc) is 3.38. The number of carboxylic acids is 1. The van der Waals surface area contributed by atoms with Gasteiger partial charge in [0.25, 0.3) is 0 Å². The van der Waals surface area contributed by atoms with E-state index in [2.05, 4.69) is 54.7 Å². The molecule has 0 bridgehead atoms. The van der Waals surface area contributed by atoms with Crippen molar-refractivity contribution in [1.29, 1.82) is 0 Å². The number of aromatic nitrogens is 1. The number of hydrogen-bond acceptors (Lipinski definition) is 2. The van der Waals surface area contributed by atoms with Crippen LogP contribution in [0.1, 0.15) is 45.6 Å². The van der Waals surface area contributed by atoms with Crippen LogP contribution in [0.2, 0.25) is 0 Å². The van der Waals surface area contributed by atoms with Crippen molar-refractivity contribution < 1.29 is 9.90 Å². The van der Waals surface area contributed by atoms with Gasteiger partial charge >= 0.3 is 5.97 Å². The topological polar surface area (TPSA) is 54.3 Å². The number of rotatable bonds is 6. The van der Waals surface area contributed by atoms with Crippen LogP contribution in [0.15, 0.2) is 42.5 Å². The summed E-state index contributed by atoms with van der Waals surface area (Å²) in [7, 11) is 0. The molecular formula is C22H24N2O2. The highest BCUT2D eigenvalue weighted by Crippen LogP contribution is 2.30. The number of carbonyl (C=O) groups is 1. The number of nitrogens with one attached hydrogen (secondary N) is 1. The van der Waals surface area contributed by atoms with Crippen LogP contribution in [-0.4, -0.2) is 21.7 Å². The van der Waals surface area contributed by atoms with Gasteiger partial charge < -0.3 is 15.0 Å². The molecule has 1 aliphatic carbocycles. The summed E-state index contributed by atoms with van der Waals surface area (Å²) in [5.41, 5.74) is 5.74. The molecular weight excluding hydrogens is 324 g/mol. The molecule has 1 fully saturated rings. The van der Waals surface area contributed by atoms with Gasteiger partial charge in [-0.05, 0) is 43.9 Å². The van der Waals surface area contributed by atoms with E-state index in [-0.39, 0.29) is 0 Å². The maximum Gasteiger partial charge on any atom is 0.352 e. The van der Waals surface area contributed by atoms with Crippen molar-refractivity contribution >= 4 is 16.9 Å². The second kappa shape index (κ2) is 6.61. The van der Waals surface area contributed by atoms with E-state index in [1.165, 1.54) is 18.4 Å². The van der Waals surface area contributed by atoms with Crippen molar-refractivity contribution in [3.8, 4) is 0 Å². The summed E-state index contributed by atoms with van der Waals surface area (Å²) in [4.78, 5) is 12.2. The van der Waals surface area contributed by atoms with Crippen LogP contribution < -0.4 is 5.32 Å². The van der Waals surface area contributed by atoms with Crippen molar-refractivity contribution in [1.82, 2.24) is 9.88 Å². The summed E-state index contributed by atoms with van der Waals surface area (Å²) in [6, 6.07) is 15.0. The molecule has 2 aromatic carbocycles. The minimum atomic E-state index is -0.862. The number of nitrogens with zero attached hydrogens (tertiary/aromatic N) is 1. The Hall–Kier alpha value is -2.59.